The number of oxime groups is 1. The summed E-state index contributed by atoms with van der Waals surface area (Å²) in [5.74, 6) is 0.482. The van der Waals surface area contributed by atoms with Crippen LogP contribution >= 0.6 is 39.3 Å². The van der Waals surface area contributed by atoms with E-state index >= 15 is 0 Å². The van der Waals surface area contributed by atoms with Crippen molar-refractivity contribution in [2.45, 2.75) is 9.99 Å². The van der Waals surface area contributed by atoms with Crippen molar-refractivity contribution in [2.24, 2.45) is 5.16 Å². The van der Waals surface area contributed by atoms with Gasteiger partial charge in [-0.1, -0.05) is 28.5 Å². The van der Waals surface area contributed by atoms with Crippen LogP contribution in [0.4, 0.5) is 0 Å². The average molecular weight is 333 g/mol. The van der Waals surface area contributed by atoms with Crippen LogP contribution < -0.4 is 0 Å². The lowest BCUT2D eigenvalue weighted by atomic mass is 10.4. The number of rotatable bonds is 3. The molecule has 2 aromatic rings. The summed E-state index contributed by atoms with van der Waals surface area (Å²) < 4.78 is 6.28. The van der Waals surface area contributed by atoms with E-state index in [-0.39, 0.29) is 0 Å². The van der Waals surface area contributed by atoms with E-state index in [1.54, 1.807) is 6.07 Å². The Morgan fingerprint density at radius 1 is 1.35 bits per heavy atom. The van der Waals surface area contributed by atoms with E-state index in [9.17, 15) is 0 Å². The number of hydrogen-bond acceptors (Lipinski definition) is 4. The second-order valence-corrected chi connectivity index (χ2v) is 5.42. The summed E-state index contributed by atoms with van der Waals surface area (Å²) in [5, 5.41) is 12.7. The molecule has 0 unspecified atom stereocenters. The molecule has 2 rings (SSSR count). The standard InChI is InChI=1S/C11H7BrClNO2S/c12-10-5-8(6-14-15)16-11(10)17-9-3-1-7(13)2-4-9/h1-6,15H/b14-6-. The molecule has 17 heavy (non-hydrogen) atoms. The van der Waals surface area contributed by atoms with Crippen molar-refractivity contribution in [2.75, 3.05) is 0 Å². The van der Waals surface area contributed by atoms with E-state index in [1.807, 2.05) is 24.3 Å². The van der Waals surface area contributed by atoms with Gasteiger partial charge in [0.15, 0.2) is 10.9 Å². The topological polar surface area (TPSA) is 45.7 Å². The molecule has 0 aliphatic carbocycles. The fourth-order valence-corrected chi connectivity index (χ4v) is 2.62. The number of hydrogen-bond donors (Lipinski definition) is 1. The van der Waals surface area contributed by atoms with Crippen LogP contribution in [0.1, 0.15) is 5.76 Å². The Morgan fingerprint density at radius 2 is 2.06 bits per heavy atom. The van der Waals surface area contributed by atoms with Gasteiger partial charge in [0.05, 0.1) is 4.47 Å². The van der Waals surface area contributed by atoms with Gasteiger partial charge in [-0.25, -0.2) is 0 Å². The predicted octanol–water partition coefficient (Wildman–Crippen LogP) is 4.65. The molecule has 0 saturated heterocycles. The van der Waals surface area contributed by atoms with Gasteiger partial charge < -0.3 is 9.62 Å². The van der Waals surface area contributed by atoms with Crippen LogP contribution in [-0.4, -0.2) is 11.4 Å². The van der Waals surface area contributed by atoms with Gasteiger partial charge in [0.25, 0.3) is 0 Å². The highest BCUT2D eigenvalue weighted by Crippen LogP contribution is 2.35. The van der Waals surface area contributed by atoms with Gasteiger partial charge in [-0.2, -0.15) is 0 Å². The maximum absolute atomic E-state index is 8.41. The molecule has 0 amide bonds. The Labute approximate surface area is 116 Å². The molecule has 0 spiro atoms. The van der Waals surface area contributed by atoms with E-state index < -0.39 is 0 Å². The summed E-state index contributed by atoms with van der Waals surface area (Å²) in [6, 6.07) is 9.18. The lowest BCUT2D eigenvalue weighted by Gasteiger charge is -1.98. The van der Waals surface area contributed by atoms with E-state index in [4.69, 9.17) is 21.2 Å². The Morgan fingerprint density at radius 3 is 2.71 bits per heavy atom. The first-order valence-electron chi connectivity index (χ1n) is 4.59. The Bertz CT molecular complexity index is 539. The minimum atomic E-state index is 0.482. The molecule has 0 aliphatic rings. The summed E-state index contributed by atoms with van der Waals surface area (Å²) >= 11 is 10.6. The third-order valence-electron chi connectivity index (χ3n) is 1.88. The van der Waals surface area contributed by atoms with E-state index in [2.05, 4.69) is 21.1 Å². The molecule has 3 nitrogen and oxygen atoms in total. The highest BCUT2D eigenvalue weighted by Gasteiger charge is 2.09. The van der Waals surface area contributed by atoms with Gasteiger partial charge in [-0.05, 0) is 40.2 Å². The second-order valence-electron chi connectivity index (χ2n) is 3.08. The first-order chi connectivity index (χ1) is 8.19. The van der Waals surface area contributed by atoms with Crippen molar-refractivity contribution in [3.8, 4) is 0 Å². The van der Waals surface area contributed by atoms with Crippen LogP contribution in [0.5, 0.6) is 0 Å². The Balaban J connectivity index is 2.20. The largest absolute Gasteiger partial charge is 0.447 e. The SMILES string of the molecule is O/N=C\c1cc(Br)c(Sc2ccc(Cl)cc2)o1. The number of furan rings is 1. The molecule has 1 heterocycles. The number of benzene rings is 1. The van der Waals surface area contributed by atoms with Gasteiger partial charge >= 0.3 is 0 Å². The zero-order chi connectivity index (χ0) is 12.3. The predicted molar refractivity (Wildman–Crippen MR) is 71.4 cm³/mol. The van der Waals surface area contributed by atoms with Crippen LogP contribution in [0.2, 0.25) is 5.02 Å². The molecule has 0 aliphatic heterocycles. The van der Waals surface area contributed by atoms with Crippen LogP contribution in [0, 0.1) is 0 Å². The van der Waals surface area contributed by atoms with E-state index in [1.165, 1.54) is 18.0 Å². The first kappa shape index (κ1) is 12.5. The number of halogens is 2. The second kappa shape index (κ2) is 5.62. The number of nitrogens with zero attached hydrogens (tertiary/aromatic N) is 1. The molecule has 1 aromatic heterocycles. The molecular weight excluding hydrogens is 326 g/mol. The molecular formula is C11H7BrClNO2S. The molecule has 0 saturated carbocycles. The minimum absolute atomic E-state index is 0.482. The summed E-state index contributed by atoms with van der Waals surface area (Å²) in [6.45, 7) is 0. The van der Waals surface area contributed by atoms with E-state index in [0.29, 0.717) is 15.9 Å². The van der Waals surface area contributed by atoms with Crippen LogP contribution in [0.3, 0.4) is 0 Å². The minimum Gasteiger partial charge on any atom is -0.447 e. The Kier molecular flexibility index (Phi) is 4.15. The molecule has 0 fully saturated rings. The molecule has 1 N–H and O–H groups in total. The zero-order valence-electron chi connectivity index (χ0n) is 8.43. The van der Waals surface area contributed by atoms with Gasteiger partial charge in [0, 0.05) is 16.0 Å². The zero-order valence-corrected chi connectivity index (χ0v) is 11.6. The summed E-state index contributed by atoms with van der Waals surface area (Å²) in [7, 11) is 0. The van der Waals surface area contributed by atoms with Gasteiger partial charge in [-0.3, -0.25) is 0 Å². The van der Waals surface area contributed by atoms with Crippen molar-refractivity contribution in [1.29, 1.82) is 0 Å². The van der Waals surface area contributed by atoms with Crippen molar-refractivity contribution < 1.29 is 9.62 Å². The molecule has 1 aromatic carbocycles. The smallest absolute Gasteiger partial charge is 0.180 e. The first-order valence-corrected chi connectivity index (χ1v) is 6.58. The average Bonchev–Trinajstić information content (AvgIpc) is 2.63. The quantitative estimate of drug-likeness (QED) is 0.505. The van der Waals surface area contributed by atoms with Crippen LogP contribution in [0.25, 0.3) is 0 Å². The molecule has 0 radical (unpaired) electrons. The molecule has 6 heteroatoms. The summed E-state index contributed by atoms with van der Waals surface area (Å²) in [5.41, 5.74) is 0. The summed E-state index contributed by atoms with van der Waals surface area (Å²) in [6.07, 6.45) is 1.23. The lowest BCUT2D eigenvalue weighted by Crippen LogP contribution is -1.72. The van der Waals surface area contributed by atoms with Gasteiger partial charge in [-0.15, -0.1) is 0 Å². The van der Waals surface area contributed by atoms with Crippen molar-refractivity contribution in [3.63, 3.8) is 0 Å². The van der Waals surface area contributed by atoms with Gasteiger partial charge in [0.1, 0.15) is 6.21 Å². The molecule has 0 atom stereocenters. The Hall–Kier alpha value is -0.910. The van der Waals surface area contributed by atoms with E-state index in [0.717, 1.165) is 9.37 Å². The van der Waals surface area contributed by atoms with Crippen molar-refractivity contribution in [1.82, 2.24) is 0 Å². The third-order valence-corrected chi connectivity index (χ3v) is 3.98. The fourth-order valence-electron chi connectivity index (χ4n) is 1.17. The van der Waals surface area contributed by atoms with Crippen molar-refractivity contribution in [3.05, 3.63) is 45.6 Å². The highest BCUT2D eigenvalue weighted by molar-refractivity contribution is 9.10. The monoisotopic (exact) mass is 331 g/mol. The van der Waals surface area contributed by atoms with Gasteiger partial charge in [0.2, 0.25) is 0 Å². The molecule has 0 bridgehead atoms. The van der Waals surface area contributed by atoms with Crippen LogP contribution in [0.15, 0.2) is 54.4 Å². The highest BCUT2D eigenvalue weighted by atomic mass is 79.9. The fraction of sp³-hybridized carbons (Fsp3) is 0. The lowest BCUT2D eigenvalue weighted by molar-refractivity contribution is 0.320. The molecule has 88 valence electrons. The maximum Gasteiger partial charge on any atom is 0.180 e. The summed E-state index contributed by atoms with van der Waals surface area (Å²) in [4.78, 5) is 1.01. The maximum atomic E-state index is 8.41. The van der Waals surface area contributed by atoms with Crippen LogP contribution in [-0.2, 0) is 0 Å². The van der Waals surface area contributed by atoms with Crippen molar-refractivity contribution >= 4 is 45.5 Å². The normalized spacial score (nSPS) is 11.2. The third kappa shape index (κ3) is 3.28.